The molecule has 0 bridgehead atoms. The fourth-order valence-corrected chi connectivity index (χ4v) is 8.87. The quantitative estimate of drug-likeness (QED) is 0.118. The zero-order valence-corrected chi connectivity index (χ0v) is 31.7. The van der Waals surface area contributed by atoms with Gasteiger partial charge in [0.15, 0.2) is 0 Å². The third-order valence-electron chi connectivity index (χ3n) is 11.3. The predicted molar refractivity (Wildman–Crippen MR) is 242 cm³/mol. The van der Waals surface area contributed by atoms with Gasteiger partial charge in [-0.15, -0.1) is 23.7 Å². The van der Waals surface area contributed by atoms with E-state index in [9.17, 15) is 0 Å². The third-order valence-corrected chi connectivity index (χ3v) is 11.3. The summed E-state index contributed by atoms with van der Waals surface area (Å²) in [6.07, 6.45) is 0. The van der Waals surface area contributed by atoms with E-state index in [1.54, 1.807) is 0 Å². The van der Waals surface area contributed by atoms with Crippen molar-refractivity contribution in [1.29, 1.82) is 0 Å². The molecule has 0 atom stereocenters. The van der Waals surface area contributed by atoms with Crippen molar-refractivity contribution in [2.24, 2.45) is 0 Å². The molecule has 258 valence electrons. The first-order valence-electron chi connectivity index (χ1n) is 19.0. The van der Waals surface area contributed by atoms with Gasteiger partial charge in [0.1, 0.15) is 0 Å². The molecular formula is C56H34. The van der Waals surface area contributed by atoms with Gasteiger partial charge in [-0.2, -0.15) is 0 Å². The molecule has 0 spiro atoms. The van der Waals surface area contributed by atoms with Gasteiger partial charge in [-0.3, -0.25) is 0 Å². The highest BCUT2D eigenvalue weighted by atomic mass is 14.2. The lowest BCUT2D eigenvalue weighted by Crippen LogP contribution is -1.94. The summed E-state index contributed by atoms with van der Waals surface area (Å²) in [6.45, 7) is 7.68. The molecule has 0 heterocycles. The van der Waals surface area contributed by atoms with E-state index in [-0.39, 0.29) is 0 Å². The average Bonchev–Trinajstić information content (AvgIpc) is 3.23. The van der Waals surface area contributed by atoms with Crippen LogP contribution in [0.1, 0.15) is 49.9 Å². The minimum Gasteiger partial charge on any atom is -0.101 e. The van der Waals surface area contributed by atoms with E-state index in [2.05, 4.69) is 181 Å². The largest absolute Gasteiger partial charge is 0.101 e. The summed E-state index contributed by atoms with van der Waals surface area (Å²) < 4.78 is 0. The molecule has 0 heteroatoms. The lowest BCUT2D eigenvalue weighted by molar-refractivity contribution is 1.69. The summed E-state index contributed by atoms with van der Waals surface area (Å²) in [5.41, 5.74) is 6.52. The molecule has 0 aliphatic carbocycles. The molecule has 0 nitrogen and oxygen atoms in total. The number of hydrogen-bond acceptors (Lipinski definition) is 0. The topological polar surface area (TPSA) is 0 Å². The van der Waals surface area contributed by atoms with Crippen molar-refractivity contribution >= 4 is 86.2 Å². The zero-order valence-electron chi connectivity index (χ0n) is 31.7. The lowest BCUT2D eigenvalue weighted by atomic mass is 9.85. The Morgan fingerprint density at radius 2 is 0.500 bits per heavy atom. The molecule has 0 N–H and O–H groups in total. The van der Waals surface area contributed by atoms with E-state index >= 15 is 0 Å². The predicted octanol–water partition coefficient (Wildman–Crippen LogP) is 14.1. The minimum atomic E-state index is 1.04. The van der Waals surface area contributed by atoms with Gasteiger partial charge in [0.25, 0.3) is 0 Å². The second-order valence-corrected chi connectivity index (χ2v) is 14.3. The van der Waals surface area contributed by atoms with Crippen LogP contribution in [0.25, 0.3) is 97.3 Å². The Morgan fingerprint density at radius 3 is 0.786 bits per heavy atom. The second-order valence-electron chi connectivity index (χ2n) is 14.3. The van der Waals surface area contributed by atoms with Gasteiger partial charge in [-0.25, -0.2) is 0 Å². The summed E-state index contributed by atoms with van der Waals surface area (Å²) >= 11 is 0. The van der Waals surface area contributed by atoms with Gasteiger partial charge in [-0.1, -0.05) is 109 Å². The van der Waals surface area contributed by atoms with E-state index in [4.69, 9.17) is 0 Å². The molecule has 0 unspecified atom stereocenters. The Kier molecular flexibility index (Phi) is 7.76. The van der Waals surface area contributed by atoms with Gasteiger partial charge in [0, 0.05) is 22.3 Å². The van der Waals surface area contributed by atoms with Crippen LogP contribution in [0.3, 0.4) is 0 Å². The van der Waals surface area contributed by atoms with Crippen molar-refractivity contribution in [2.45, 2.75) is 27.7 Å². The SMILES string of the molecule is CC#Cc1c2cc3ccccc3cc2c(C#CC)c2cc3c(-c4cccc5cc6c(C#CC)c7cc8ccccc8cc7c(C#CC)c6cc45)cccc3cc12. The summed E-state index contributed by atoms with van der Waals surface area (Å²) in [4.78, 5) is 0. The summed E-state index contributed by atoms with van der Waals surface area (Å²) in [6, 6.07) is 48.9. The summed E-state index contributed by atoms with van der Waals surface area (Å²) in [5.74, 6) is 27.1. The Balaban J connectivity index is 1.32. The monoisotopic (exact) mass is 706 g/mol. The fraction of sp³-hybridized carbons (Fsp3) is 0.0714. The molecule has 10 aromatic carbocycles. The number of rotatable bonds is 1. The molecule has 0 amide bonds. The lowest BCUT2D eigenvalue weighted by Gasteiger charge is -2.17. The van der Waals surface area contributed by atoms with Crippen molar-refractivity contribution in [3.8, 4) is 58.5 Å². The van der Waals surface area contributed by atoms with Crippen molar-refractivity contribution in [2.75, 3.05) is 0 Å². The molecule has 0 saturated heterocycles. The normalized spacial score (nSPS) is 11.0. The highest BCUT2D eigenvalue weighted by Crippen LogP contribution is 2.43. The van der Waals surface area contributed by atoms with Crippen LogP contribution in [0.15, 0.2) is 133 Å². The van der Waals surface area contributed by atoms with Crippen LogP contribution in [0.2, 0.25) is 0 Å². The smallest absolute Gasteiger partial charge is 0.0403 e. The van der Waals surface area contributed by atoms with Crippen molar-refractivity contribution in [3.05, 3.63) is 156 Å². The molecule has 0 fully saturated rings. The first-order valence-corrected chi connectivity index (χ1v) is 19.0. The van der Waals surface area contributed by atoms with Gasteiger partial charge < -0.3 is 0 Å². The maximum atomic E-state index is 3.54. The van der Waals surface area contributed by atoms with E-state index < -0.39 is 0 Å². The van der Waals surface area contributed by atoms with E-state index in [0.29, 0.717) is 0 Å². The number of hydrogen-bond donors (Lipinski definition) is 0. The van der Waals surface area contributed by atoms with Crippen LogP contribution in [-0.2, 0) is 0 Å². The Bertz CT molecular complexity index is 3400. The molecule has 0 radical (unpaired) electrons. The zero-order chi connectivity index (χ0) is 37.9. The van der Waals surface area contributed by atoms with Gasteiger partial charge in [0.05, 0.1) is 0 Å². The van der Waals surface area contributed by atoms with Crippen LogP contribution in [0, 0.1) is 47.4 Å². The van der Waals surface area contributed by atoms with Gasteiger partial charge in [0.2, 0.25) is 0 Å². The molecule has 10 rings (SSSR count). The maximum Gasteiger partial charge on any atom is 0.0403 e. The van der Waals surface area contributed by atoms with Crippen LogP contribution in [0.4, 0.5) is 0 Å². The van der Waals surface area contributed by atoms with Crippen LogP contribution in [0.5, 0.6) is 0 Å². The molecule has 0 aliphatic heterocycles. The minimum absolute atomic E-state index is 1.04. The number of benzene rings is 10. The van der Waals surface area contributed by atoms with E-state index in [1.807, 2.05) is 27.7 Å². The molecule has 0 aliphatic rings. The van der Waals surface area contributed by atoms with Crippen molar-refractivity contribution in [3.63, 3.8) is 0 Å². The highest BCUT2D eigenvalue weighted by Gasteiger charge is 2.19. The first-order chi connectivity index (χ1) is 27.6. The van der Waals surface area contributed by atoms with Gasteiger partial charge >= 0.3 is 0 Å². The average molecular weight is 707 g/mol. The molecular weight excluding hydrogens is 673 g/mol. The second kappa shape index (κ2) is 13.1. The Morgan fingerprint density at radius 1 is 0.250 bits per heavy atom. The number of fused-ring (bicyclic) bond motifs is 8. The summed E-state index contributed by atoms with van der Waals surface area (Å²) in [7, 11) is 0. The molecule has 10 aromatic rings. The first kappa shape index (κ1) is 33.1. The van der Waals surface area contributed by atoms with E-state index in [1.165, 1.54) is 54.2 Å². The standard InChI is InChI=1S/C56H34/c1-5-15-41-49-27-35-19-9-11-21-37(35)29-51(49)43(17-7-3)55-33-47-39(31-53(41)55)23-13-25-45(47)46-26-14-24-40-32-54-42(16-6-2)50-28-36-20-10-12-22-38(36)30-52(50)44(18-8-4)56(54)34-48(40)46/h9-14,19-34H,1-4H3. The third kappa shape index (κ3) is 5.02. The van der Waals surface area contributed by atoms with Crippen molar-refractivity contribution < 1.29 is 0 Å². The van der Waals surface area contributed by atoms with Crippen LogP contribution >= 0.6 is 0 Å². The molecule has 56 heavy (non-hydrogen) atoms. The Labute approximate surface area is 326 Å². The highest BCUT2D eigenvalue weighted by molar-refractivity contribution is 6.20. The summed E-state index contributed by atoms with van der Waals surface area (Å²) in [5, 5.41) is 18.5. The van der Waals surface area contributed by atoms with Crippen molar-refractivity contribution in [1.82, 2.24) is 0 Å². The van der Waals surface area contributed by atoms with Gasteiger partial charge in [-0.05, 0) is 174 Å². The van der Waals surface area contributed by atoms with Crippen LogP contribution in [-0.4, -0.2) is 0 Å². The Hall–Kier alpha value is -7.48. The fourth-order valence-electron chi connectivity index (χ4n) is 8.87. The maximum absolute atomic E-state index is 3.54. The van der Waals surface area contributed by atoms with E-state index in [0.717, 1.165) is 65.3 Å². The molecule has 0 aromatic heterocycles. The molecule has 0 saturated carbocycles. The van der Waals surface area contributed by atoms with Crippen LogP contribution < -0.4 is 0 Å².